The predicted molar refractivity (Wildman–Crippen MR) is 88.9 cm³/mol. The molecule has 22 heavy (non-hydrogen) atoms. The number of nitrogens with one attached hydrogen (secondary N) is 1. The maximum atomic E-state index is 9.04. The van der Waals surface area contributed by atoms with Gasteiger partial charge in [0.1, 0.15) is 12.1 Å². The molecule has 1 aliphatic rings. The number of allylic oxidation sites excluding steroid dienone is 2. The molecule has 0 saturated heterocycles. The van der Waals surface area contributed by atoms with E-state index in [0.717, 1.165) is 22.4 Å². The second kappa shape index (κ2) is 5.91. The number of hydrogen-bond acceptors (Lipinski definition) is 2. The number of hydrogen-bond donors (Lipinski definition) is 1. The lowest BCUT2D eigenvalue weighted by Gasteiger charge is -2.36. The molecule has 3 rings (SSSR count). The highest BCUT2D eigenvalue weighted by molar-refractivity contribution is 6.91. The molecule has 0 amide bonds. The molecular formula is C18H17BN2O. The fourth-order valence-corrected chi connectivity index (χ4v) is 3.02. The van der Waals surface area contributed by atoms with Gasteiger partial charge in [0.05, 0.1) is 11.8 Å². The Bertz CT molecular complexity index is 721. The van der Waals surface area contributed by atoms with E-state index in [0.29, 0.717) is 6.42 Å². The van der Waals surface area contributed by atoms with Gasteiger partial charge in [0, 0.05) is 6.08 Å². The Kier molecular flexibility index (Phi) is 3.80. The average Bonchev–Trinajstić information content (AvgIpc) is 2.56. The molecule has 2 aromatic rings. The molecule has 0 unspecified atom stereocenters. The molecule has 0 bridgehead atoms. The van der Waals surface area contributed by atoms with Crippen LogP contribution in [0.4, 0.5) is 0 Å². The van der Waals surface area contributed by atoms with Gasteiger partial charge in [-0.1, -0.05) is 71.6 Å². The lowest BCUT2D eigenvalue weighted by Crippen LogP contribution is -3.01. The first-order chi connectivity index (χ1) is 10.7. The van der Waals surface area contributed by atoms with E-state index in [1.165, 1.54) is 0 Å². The second-order valence-electron chi connectivity index (χ2n) is 5.49. The van der Waals surface area contributed by atoms with Crippen molar-refractivity contribution in [2.45, 2.75) is 13.3 Å². The molecule has 0 aliphatic carbocycles. The van der Waals surface area contributed by atoms with Gasteiger partial charge >= 0.3 is 6.48 Å². The normalized spacial score (nSPS) is 16.0. The van der Waals surface area contributed by atoms with E-state index in [4.69, 9.17) is 9.92 Å². The summed E-state index contributed by atoms with van der Waals surface area (Å²) < 4.78 is 6.30. The average molecular weight is 288 g/mol. The summed E-state index contributed by atoms with van der Waals surface area (Å²) >= 11 is 0. The smallest absolute Gasteiger partial charge is 0.506 e. The Hall–Kier alpha value is -2.80. The van der Waals surface area contributed by atoms with E-state index in [2.05, 4.69) is 35.2 Å². The zero-order valence-corrected chi connectivity index (χ0v) is 12.5. The first-order valence-electron chi connectivity index (χ1n) is 7.39. The van der Waals surface area contributed by atoms with Crippen LogP contribution in [-0.4, -0.2) is 12.2 Å². The molecule has 0 spiro atoms. The van der Waals surface area contributed by atoms with Gasteiger partial charge < -0.3 is 9.56 Å². The zero-order chi connectivity index (χ0) is 15.4. The number of benzene rings is 2. The topological polar surface area (TPSA) is 47.0 Å². The first kappa shape index (κ1) is 14.2. The molecule has 1 aliphatic heterocycles. The largest absolute Gasteiger partial charge is 0.654 e. The highest BCUT2D eigenvalue weighted by Gasteiger charge is 2.42. The first-order valence-corrected chi connectivity index (χ1v) is 7.39. The maximum Gasteiger partial charge on any atom is 0.506 e. The van der Waals surface area contributed by atoms with Crippen molar-refractivity contribution in [3.8, 4) is 6.07 Å². The van der Waals surface area contributed by atoms with E-state index in [9.17, 15) is 0 Å². The molecular weight excluding hydrogens is 271 g/mol. The fraction of sp³-hybridized carbons (Fsp3) is 0.111. The quantitative estimate of drug-likeness (QED) is 0.841. The fourth-order valence-electron chi connectivity index (χ4n) is 3.02. The minimum absolute atomic E-state index is 0.337. The Morgan fingerprint density at radius 1 is 1.00 bits per heavy atom. The Labute approximate surface area is 130 Å². The minimum Gasteiger partial charge on any atom is -0.654 e. The van der Waals surface area contributed by atoms with Gasteiger partial charge in [0.25, 0.3) is 0 Å². The second-order valence-corrected chi connectivity index (χ2v) is 5.49. The van der Waals surface area contributed by atoms with Gasteiger partial charge in [-0.2, -0.15) is 5.26 Å². The molecule has 0 aromatic heterocycles. The minimum atomic E-state index is -1.61. The Balaban J connectivity index is 2.22. The van der Waals surface area contributed by atoms with Crippen molar-refractivity contribution >= 4 is 23.1 Å². The van der Waals surface area contributed by atoms with E-state index >= 15 is 0 Å². The van der Waals surface area contributed by atoms with E-state index in [1.54, 1.807) is 0 Å². The van der Waals surface area contributed by atoms with Gasteiger partial charge in [-0.25, -0.2) is 0 Å². The van der Waals surface area contributed by atoms with Crippen molar-refractivity contribution in [1.82, 2.24) is 0 Å². The van der Waals surface area contributed by atoms with Crippen LogP contribution >= 0.6 is 0 Å². The molecule has 1 heterocycles. The summed E-state index contributed by atoms with van der Waals surface area (Å²) in [6.45, 7) is 0.320. The van der Waals surface area contributed by atoms with Crippen LogP contribution in [0, 0.1) is 11.3 Å². The summed E-state index contributed by atoms with van der Waals surface area (Å²) in [7, 11) is 0. The molecule has 4 heteroatoms. The molecule has 0 radical (unpaired) electrons. The SMILES string of the molecule is CC1=CC(CC#N)=[NH+][B-](c2ccccc2)(c2ccccc2)O1. The summed E-state index contributed by atoms with van der Waals surface area (Å²) in [4.78, 5) is 3.49. The molecule has 108 valence electrons. The maximum absolute atomic E-state index is 9.04. The lowest BCUT2D eigenvalue weighted by atomic mass is 9.42. The summed E-state index contributed by atoms with van der Waals surface area (Å²) in [5, 5.41) is 9.04. The van der Waals surface area contributed by atoms with Gasteiger partial charge in [-0.05, 0) is 6.92 Å². The molecule has 2 aromatic carbocycles. The lowest BCUT2D eigenvalue weighted by molar-refractivity contribution is -0.324. The molecule has 3 nitrogen and oxygen atoms in total. The van der Waals surface area contributed by atoms with E-state index in [1.807, 2.05) is 49.4 Å². The van der Waals surface area contributed by atoms with Crippen molar-refractivity contribution in [3.05, 3.63) is 72.5 Å². The molecule has 0 atom stereocenters. The van der Waals surface area contributed by atoms with E-state index in [-0.39, 0.29) is 0 Å². The standard InChI is InChI=1S/C18H17BN2O/c1-15-14-18(12-13-20)21-19(22-15,16-8-4-2-5-9-16)17-10-6-3-7-11-17/h2-11,14,21H,12H2,1H3. The number of nitriles is 1. The van der Waals surface area contributed by atoms with Crippen molar-refractivity contribution in [1.29, 1.82) is 5.26 Å². The van der Waals surface area contributed by atoms with Crippen molar-refractivity contribution < 1.29 is 9.56 Å². The Morgan fingerprint density at radius 3 is 2.05 bits per heavy atom. The van der Waals surface area contributed by atoms with Crippen molar-refractivity contribution in [2.24, 2.45) is 0 Å². The summed E-state index contributed by atoms with van der Waals surface area (Å²) in [5.41, 5.74) is 3.02. The van der Waals surface area contributed by atoms with Gasteiger partial charge in [0.2, 0.25) is 0 Å². The van der Waals surface area contributed by atoms with Crippen LogP contribution in [0.1, 0.15) is 13.3 Å². The van der Waals surface area contributed by atoms with Crippen LogP contribution < -0.4 is 15.8 Å². The van der Waals surface area contributed by atoms with Gasteiger partial charge in [-0.15, -0.1) is 0 Å². The number of nitrogens with zero attached hydrogens (tertiary/aromatic N) is 1. The van der Waals surface area contributed by atoms with Crippen LogP contribution in [0.2, 0.25) is 0 Å². The van der Waals surface area contributed by atoms with Gasteiger partial charge in [0.15, 0.2) is 0 Å². The van der Waals surface area contributed by atoms with Crippen LogP contribution in [0.15, 0.2) is 72.5 Å². The third-order valence-corrected chi connectivity index (χ3v) is 3.94. The summed E-state index contributed by atoms with van der Waals surface area (Å²) in [6.07, 6.45) is 2.24. The van der Waals surface area contributed by atoms with E-state index < -0.39 is 6.48 Å². The molecule has 0 fully saturated rings. The third-order valence-electron chi connectivity index (χ3n) is 3.94. The van der Waals surface area contributed by atoms with Crippen LogP contribution in [0.5, 0.6) is 0 Å². The third kappa shape index (κ3) is 2.54. The monoisotopic (exact) mass is 288 g/mol. The number of rotatable bonds is 3. The summed E-state index contributed by atoms with van der Waals surface area (Å²) in [5.74, 6) is 0.816. The van der Waals surface area contributed by atoms with Crippen molar-refractivity contribution in [3.63, 3.8) is 0 Å². The predicted octanol–water partition coefficient (Wildman–Crippen LogP) is 0.612. The van der Waals surface area contributed by atoms with Crippen LogP contribution in [0.3, 0.4) is 0 Å². The van der Waals surface area contributed by atoms with Crippen LogP contribution in [-0.2, 0) is 4.65 Å². The highest BCUT2D eigenvalue weighted by atomic mass is 16.5. The Morgan fingerprint density at radius 2 is 1.55 bits per heavy atom. The summed E-state index contributed by atoms with van der Waals surface area (Å²) in [6, 6.07) is 22.4. The van der Waals surface area contributed by atoms with Crippen molar-refractivity contribution in [2.75, 3.05) is 0 Å². The highest BCUT2D eigenvalue weighted by Crippen LogP contribution is 2.09. The van der Waals surface area contributed by atoms with Crippen LogP contribution in [0.25, 0.3) is 0 Å². The van der Waals surface area contributed by atoms with Gasteiger partial charge in [-0.3, -0.25) is 0 Å². The zero-order valence-electron chi connectivity index (χ0n) is 12.5. The molecule has 0 saturated carbocycles. The molecule has 1 N–H and O–H groups in total.